The zero-order valence-corrected chi connectivity index (χ0v) is 21.1. The third kappa shape index (κ3) is 4.84. The van der Waals surface area contributed by atoms with Crippen molar-refractivity contribution in [2.45, 2.75) is 75.8 Å². The van der Waals surface area contributed by atoms with E-state index >= 15 is 0 Å². The van der Waals surface area contributed by atoms with Crippen molar-refractivity contribution in [3.05, 3.63) is 59.7 Å². The lowest BCUT2D eigenvalue weighted by Gasteiger charge is -2.38. The molecular weight excluding hydrogens is 494 g/mol. The van der Waals surface area contributed by atoms with E-state index in [2.05, 4.69) is 19.9 Å². The standard InChI is InChI=1S/C28H30F2N4O4/c1-36-26(35)17-12-32-28(33-13-17)34-18-8-9-19(34)11-20(10-18)37-15-23-22(14-31-25(23)16-6-7-16)21-4-2-3-5-24(21)38-27(29)30/h2-5,12-14,16,18-20,27,31H,6-11,15H2,1H3. The first kappa shape index (κ1) is 24.8. The number of methoxy groups -OCH3 is 1. The van der Waals surface area contributed by atoms with Crippen molar-refractivity contribution in [1.29, 1.82) is 0 Å². The molecule has 0 radical (unpaired) electrons. The van der Waals surface area contributed by atoms with Crippen molar-refractivity contribution in [2.75, 3.05) is 12.0 Å². The second-order valence-electron chi connectivity index (χ2n) is 10.2. The fourth-order valence-corrected chi connectivity index (χ4v) is 5.96. The Kier molecular flexibility index (Phi) is 6.73. The Morgan fingerprint density at radius 1 is 1.08 bits per heavy atom. The molecule has 2 saturated heterocycles. The summed E-state index contributed by atoms with van der Waals surface area (Å²) in [4.78, 5) is 26.3. The zero-order chi connectivity index (χ0) is 26.2. The average Bonchev–Trinajstić information content (AvgIpc) is 3.63. The van der Waals surface area contributed by atoms with E-state index in [0.717, 1.165) is 55.3 Å². The van der Waals surface area contributed by atoms with Gasteiger partial charge < -0.3 is 24.1 Å². The molecule has 6 rings (SSSR count). The molecule has 10 heteroatoms. The molecule has 2 unspecified atom stereocenters. The van der Waals surface area contributed by atoms with Crippen LogP contribution in [0.15, 0.2) is 42.9 Å². The average molecular weight is 525 g/mol. The lowest BCUT2D eigenvalue weighted by atomic mass is 9.99. The Balaban J connectivity index is 1.17. The topological polar surface area (TPSA) is 89.6 Å². The van der Waals surface area contributed by atoms with Gasteiger partial charge in [-0.15, -0.1) is 0 Å². The minimum atomic E-state index is -2.89. The van der Waals surface area contributed by atoms with Gasteiger partial charge in [0, 0.05) is 53.1 Å². The Bertz CT molecular complexity index is 1280. The number of hydrogen-bond donors (Lipinski definition) is 1. The first-order valence-electron chi connectivity index (χ1n) is 13.1. The Hall–Kier alpha value is -3.53. The number of carbonyl (C=O) groups is 1. The number of esters is 1. The number of benzene rings is 1. The molecule has 4 heterocycles. The summed E-state index contributed by atoms with van der Waals surface area (Å²) in [5.74, 6) is 0.788. The molecule has 1 aromatic carbocycles. The highest BCUT2D eigenvalue weighted by molar-refractivity contribution is 5.88. The summed E-state index contributed by atoms with van der Waals surface area (Å²) in [5.41, 5.74) is 3.97. The number of para-hydroxylation sites is 1. The highest BCUT2D eigenvalue weighted by atomic mass is 19.3. The number of anilines is 1. The predicted octanol–water partition coefficient (Wildman–Crippen LogP) is 5.45. The summed E-state index contributed by atoms with van der Waals surface area (Å²) in [6.07, 6.45) is 11.0. The number of halogens is 2. The molecule has 2 aromatic heterocycles. The van der Waals surface area contributed by atoms with Crippen LogP contribution in [0, 0.1) is 0 Å². The molecule has 2 atom stereocenters. The molecule has 2 bridgehead atoms. The fraction of sp³-hybridized carbons (Fsp3) is 0.464. The van der Waals surface area contributed by atoms with Gasteiger partial charge in [0.25, 0.3) is 0 Å². The van der Waals surface area contributed by atoms with Gasteiger partial charge in [-0.05, 0) is 50.5 Å². The summed E-state index contributed by atoms with van der Waals surface area (Å²) in [7, 11) is 1.33. The molecule has 1 saturated carbocycles. The van der Waals surface area contributed by atoms with Crippen LogP contribution in [-0.4, -0.2) is 52.8 Å². The smallest absolute Gasteiger partial charge is 0.387 e. The quantitative estimate of drug-likeness (QED) is 0.372. The van der Waals surface area contributed by atoms with Gasteiger partial charge in [0.1, 0.15) is 5.75 Å². The van der Waals surface area contributed by atoms with E-state index in [1.54, 1.807) is 12.1 Å². The molecule has 0 spiro atoms. The molecule has 2 aliphatic heterocycles. The monoisotopic (exact) mass is 524 g/mol. The van der Waals surface area contributed by atoms with Crippen LogP contribution in [0.1, 0.15) is 66.1 Å². The van der Waals surface area contributed by atoms with E-state index in [4.69, 9.17) is 14.2 Å². The lowest BCUT2D eigenvalue weighted by molar-refractivity contribution is -0.0494. The molecule has 3 aliphatic rings. The number of carbonyl (C=O) groups excluding carboxylic acids is 1. The van der Waals surface area contributed by atoms with Crippen molar-refractivity contribution >= 4 is 11.9 Å². The van der Waals surface area contributed by atoms with Gasteiger partial charge in [-0.2, -0.15) is 8.78 Å². The van der Waals surface area contributed by atoms with Gasteiger partial charge in [-0.3, -0.25) is 0 Å². The summed E-state index contributed by atoms with van der Waals surface area (Å²) in [6.45, 7) is -2.48. The largest absolute Gasteiger partial charge is 0.465 e. The minimum absolute atomic E-state index is 0.0699. The van der Waals surface area contributed by atoms with Gasteiger partial charge in [0.2, 0.25) is 5.95 Å². The van der Waals surface area contributed by atoms with Crippen LogP contribution in [0.2, 0.25) is 0 Å². The molecule has 8 nitrogen and oxygen atoms in total. The van der Waals surface area contributed by atoms with E-state index in [-0.39, 0.29) is 23.9 Å². The van der Waals surface area contributed by atoms with Gasteiger partial charge in [-0.1, -0.05) is 18.2 Å². The normalized spacial score (nSPS) is 22.6. The second kappa shape index (κ2) is 10.3. The van der Waals surface area contributed by atoms with E-state index in [1.165, 1.54) is 19.5 Å². The first-order chi connectivity index (χ1) is 18.5. The van der Waals surface area contributed by atoms with Crippen molar-refractivity contribution in [1.82, 2.24) is 15.0 Å². The van der Waals surface area contributed by atoms with Crippen LogP contribution >= 0.6 is 0 Å². The molecule has 3 fully saturated rings. The first-order valence-corrected chi connectivity index (χ1v) is 13.1. The Morgan fingerprint density at radius 2 is 1.79 bits per heavy atom. The van der Waals surface area contributed by atoms with E-state index in [9.17, 15) is 13.6 Å². The molecule has 1 aliphatic carbocycles. The molecule has 200 valence electrons. The predicted molar refractivity (Wildman–Crippen MR) is 135 cm³/mol. The molecular formula is C28H30F2N4O4. The number of aromatic nitrogens is 3. The molecule has 3 aromatic rings. The number of hydrogen-bond acceptors (Lipinski definition) is 7. The zero-order valence-electron chi connectivity index (χ0n) is 21.1. The van der Waals surface area contributed by atoms with Gasteiger partial charge in [0.15, 0.2) is 0 Å². The van der Waals surface area contributed by atoms with E-state index in [1.807, 2.05) is 18.3 Å². The van der Waals surface area contributed by atoms with E-state index < -0.39 is 12.6 Å². The number of fused-ring (bicyclic) bond motifs is 2. The Morgan fingerprint density at radius 3 is 2.45 bits per heavy atom. The molecule has 38 heavy (non-hydrogen) atoms. The Labute approximate surface area is 219 Å². The maximum absolute atomic E-state index is 13.1. The number of nitrogens with zero attached hydrogens (tertiary/aromatic N) is 3. The summed E-state index contributed by atoms with van der Waals surface area (Å²) >= 11 is 0. The van der Waals surface area contributed by atoms with Crippen molar-refractivity contribution < 1.29 is 27.8 Å². The van der Waals surface area contributed by atoms with Crippen LogP contribution in [0.3, 0.4) is 0 Å². The molecule has 0 amide bonds. The van der Waals surface area contributed by atoms with Crippen LogP contribution in [-0.2, 0) is 16.1 Å². The van der Waals surface area contributed by atoms with Gasteiger partial charge in [-0.25, -0.2) is 14.8 Å². The lowest BCUT2D eigenvalue weighted by Crippen LogP contribution is -2.46. The minimum Gasteiger partial charge on any atom is -0.465 e. The number of alkyl halides is 2. The fourth-order valence-electron chi connectivity index (χ4n) is 5.96. The number of H-pyrrole nitrogens is 1. The maximum atomic E-state index is 13.1. The molecule has 1 N–H and O–H groups in total. The van der Waals surface area contributed by atoms with Crippen LogP contribution in [0.5, 0.6) is 5.75 Å². The van der Waals surface area contributed by atoms with Crippen molar-refractivity contribution in [3.63, 3.8) is 0 Å². The third-order valence-electron chi connectivity index (χ3n) is 7.84. The number of piperidine rings is 1. The highest BCUT2D eigenvalue weighted by Gasteiger charge is 2.42. The summed E-state index contributed by atoms with van der Waals surface area (Å²) in [6, 6.07) is 7.43. The second-order valence-corrected chi connectivity index (χ2v) is 10.2. The number of aromatic amines is 1. The summed E-state index contributed by atoms with van der Waals surface area (Å²) < 4.78 is 42.2. The van der Waals surface area contributed by atoms with Crippen LogP contribution < -0.4 is 9.64 Å². The number of ether oxygens (including phenoxy) is 3. The van der Waals surface area contributed by atoms with Crippen molar-refractivity contribution in [3.8, 4) is 16.9 Å². The van der Waals surface area contributed by atoms with Crippen molar-refractivity contribution in [2.24, 2.45) is 0 Å². The third-order valence-corrected chi connectivity index (χ3v) is 7.84. The number of nitrogens with one attached hydrogen (secondary N) is 1. The van der Waals surface area contributed by atoms with Gasteiger partial charge in [0.05, 0.1) is 25.4 Å². The summed E-state index contributed by atoms with van der Waals surface area (Å²) in [5, 5.41) is 0. The SMILES string of the molecule is COC(=O)c1cnc(N2C3CCC2CC(OCc2c(-c4ccccc4OC(F)F)c[nH]c2C2CC2)C3)nc1. The highest BCUT2D eigenvalue weighted by Crippen LogP contribution is 2.46. The van der Waals surface area contributed by atoms with Crippen LogP contribution in [0.4, 0.5) is 14.7 Å². The van der Waals surface area contributed by atoms with Gasteiger partial charge >= 0.3 is 12.6 Å². The van der Waals surface area contributed by atoms with E-state index in [0.29, 0.717) is 29.6 Å². The van der Waals surface area contributed by atoms with Crippen LogP contribution in [0.25, 0.3) is 11.1 Å². The maximum Gasteiger partial charge on any atom is 0.387 e. The number of rotatable bonds is 9.